The van der Waals surface area contributed by atoms with Gasteiger partial charge >= 0.3 is 0 Å². The van der Waals surface area contributed by atoms with Crippen molar-refractivity contribution >= 4 is 18.1 Å². The number of aryl methyl sites for hydroxylation is 1. The van der Waals surface area contributed by atoms with E-state index in [1.807, 2.05) is 85.8 Å². The van der Waals surface area contributed by atoms with Crippen molar-refractivity contribution in [3.8, 4) is 17.1 Å². The third-order valence-corrected chi connectivity index (χ3v) is 5.57. The fourth-order valence-corrected chi connectivity index (χ4v) is 3.74. The highest BCUT2D eigenvalue weighted by atomic mass is 32.1. The number of hydrogen-bond acceptors (Lipinski definition) is 4. The summed E-state index contributed by atoms with van der Waals surface area (Å²) < 4.78 is 7.38. The maximum absolute atomic E-state index is 13.1. The van der Waals surface area contributed by atoms with Crippen LogP contribution in [0.2, 0.25) is 0 Å². The minimum Gasteiger partial charge on any atom is -0.497 e. The average molecular weight is 445 g/mol. The number of hydrogen-bond donors (Lipinski definition) is 2. The van der Waals surface area contributed by atoms with Crippen molar-refractivity contribution in [2.75, 3.05) is 7.11 Å². The van der Waals surface area contributed by atoms with Gasteiger partial charge in [0.1, 0.15) is 12.3 Å². The molecule has 1 aromatic heterocycles. The summed E-state index contributed by atoms with van der Waals surface area (Å²) in [5.74, 6) is 1.23. The maximum atomic E-state index is 13.1. The molecule has 162 valence electrons. The number of amides is 1. The molecule has 1 heterocycles. The number of methoxy groups -OCH3 is 1. The summed E-state index contributed by atoms with van der Waals surface area (Å²) in [6, 6.07) is 25.2. The minimum absolute atomic E-state index is 0.0536. The molecule has 0 aliphatic heterocycles. The monoisotopic (exact) mass is 444 g/mol. The highest BCUT2D eigenvalue weighted by Crippen LogP contribution is 2.24. The van der Waals surface area contributed by atoms with E-state index >= 15 is 0 Å². The van der Waals surface area contributed by atoms with E-state index < -0.39 is 0 Å². The molecule has 4 rings (SSSR count). The van der Waals surface area contributed by atoms with Crippen LogP contribution in [0.1, 0.15) is 22.7 Å². The van der Waals surface area contributed by atoms with E-state index in [9.17, 15) is 4.79 Å². The van der Waals surface area contributed by atoms with Gasteiger partial charge in [-0.05, 0) is 42.4 Å². The molecule has 0 saturated carbocycles. The van der Waals surface area contributed by atoms with Gasteiger partial charge in [0.05, 0.1) is 13.2 Å². The lowest BCUT2D eigenvalue weighted by Crippen LogP contribution is -2.32. The van der Waals surface area contributed by atoms with Crippen LogP contribution in [0, 0.1) is 11.7 Å². The highest BCUT2D eigenvalue weighted by molar-refractivity contribution is 7.71. The molecular weight excluding hydrogens is 420 g/mol. The van der Waals surface area contributed by atoms with Crippen LogP contribution in [0.5, 0.6) is 5.75 Å². The Morgan fingerprint density at radius 1 is 1.03 bits per heavy atom. The Kier molecular flexibility index (Phi) is 6.47. The van der Waals surface area contributed by atoms with Crippen LogP contribution in [0.3, 0.4) is 0 Å². The van der Waals surface area contributed by atoms with Gasteiger partial charge in [-0.1, -0.05) is 72.3 Å². The quantitative estimate of drug-likeness (QED) is 0.401. The first-order valence-electron chi connectivity index (χ1n) is 10.3. The van der Waals surface area contributed by atoms with Crippen LogP contribution in [0.15, 0.2) is 78.9 Å². The smallest absolute Gasteiger partial charge is 0.240 e. The molecule has 0 aliphatic carbocycles. The van der Waals surface area contributed by atoms with E-state index in [0.29, 0.717) is 10.6 Å². The summed E-state index contributed by atoms with van der Waals surface area (Å²) in [7, 11) is 1.63. The van der Waals surface area contributed by atoms with Crippen LogP contribution in [0.4, 0.5) is 0 Å². The van der Waals surface area contributed by atoms with Crippen LogP contribution in [-0.2, 0) is 11.3 Å². The number of H-pyrrole nitrogens is 1. The minimum atomic E-state index is -0.307. The molecule has 0 saturated heterocycles. The third-order valence-electron chi connectivity index (χ3n) is 5.26. The first kappa shape index (κ1) is 21.5. The Morgan fingerprint density at radius 2 is 1.69 bits per heavy atom. The number of nitrogens with one attached hydrogen (secondary N) is 2. The van der Waals surface area contributed by atoms with Crippen molar-refractivity contribution in [2.45, 2.75) is 19.5 Å². The van der Waals surface area contributed by atoms with Crippen molar-refractivity contribution in [2.24, 2.45) is 0 Å². The van der Waals surface area contributed by atoms with Crippen molar-refractivity contribution in [3.05, 3.63) is 100 Å². The Labute approximate surface area is 191 Å². The van der Waals surface area contributed by atoms with Gasteiger partial charge in [-0.15, -0.1) is 0 Å². The number of benzene rings is 3. The van der Waals surface area contributed by atoms with E-state index in [1.165, 1.54) is 0 Å². The third kappa shape index (κ3) is 4.78. The molecule has 2 N–H and O–H groups in total. The standard InChI is InChI=1S/C25H24N4O2S/c1-17-8-10-20(11-9-17)24-27-28-25(32)29(24)16-22(30)26-23(18-6-4-3-5-7-18)19-12-14-21(31-2)15-13-19/h3-15,23H,16H2,1-2H3,(H,26,30)(H,28,32). The largest absolute Gasteiger partial charge is 0.497 e. The Bertz CT molecular complexity index is 1250. The summed E-state index contributed by atoms with van der Waals surface area (Å²) in [5.41, 5.74) is 3.99. The van der Waals surface area contributed by atoms with Crippen LogP contribution >= 0.6 is 12.2 Å². The second-order valence-electron chi connectivity index (χ2n) is 7.49. The van der Waals surface area contributed by atoms with E-state index in [2.05, 4.69) is 15.5 Å². The zero-order chi connectivity index (χ0) is 22.5. The molecule has 0 aliphatic rings. The van der Waals surface area contributed by atoms with E-state index in [1.54, 1.807) is 11.7 Å². The lowest BCUT2D eigenvalue weighted by Gasteiger charge is -2.20. The van der Waals surface area contributed by atoms with Gasteiger partial charge in [0, 0.05) is 5.56 Å². The second kappa shape index (κ2) is 9.62. The van der Waals surface area contributed by atoms with Crippen LogP contribution < -0.4 is 10.1 Å². The van der Waals surface area contributed by atoms with E-state index in [0.717, 1.165) is 28.0 Å². The number of rotatable bonds is 7. The molecule has 1 amide bonds. The Balaban J connectivity index is 1.60. The van der Waals surface area contributed by atoms with E-state index in [-0.39, 0.29) is 18.5 Å². The SMILES string of the molecule is COc1ccc(C(NC(=O)Cn2c(-c3ccc(C)cc3)n[nH]c2=S)c2ccccc2)cc1. The number of ether oxygens (including phenoxy) is 1. The number of carbonyl (C=O) groups excluding carboxylic acids is 1. The maximum Gasteiger partial charge on any atom is 0.240 e. The van der Waals surface area contributed by atoms with Crippen molar-refractivity contribution in [3.63, 3.8) is 0 Å². The van der Waals surface area contributed by atoms with Gasteiger partial charge in [-0.2, -0.15) is 5.10 Å². The van der Waals surface area contributed by atoms with Gasteiger partial charge in [0.25, 0.3) is 0 Å². The fourth-order valence-electron chi connectivity index (χ4n) is 3.54. The van der Waals surface area contributed by atoms with Crippen molar-refractivity contribution < 1.29 is 9.53 Å². The first-order chi connectivity index (χ1) is 15.5. The summed E-state index contributed by atoms with van der Waals surface area (Å²) in [6.07, 6.45) is 0. The molecule has 4 aromatic rings. The lowest BCUT2D eigenvalue weighted by atomic mass is 9.98. The van der Waals surface area contributed by atoms with Gasteiger partial charge in [0.2, 0.25) is 5.91 Å². The molecule has 0 spiro atoms. The summed E-state index contributed by atoms with van der Waals surface area (Å²) >= 11 is 5.40. The van der Waals surface area contributed by atoms with Gasteiger partial charge in [0.15, 0.2) is 10.6 Å². The zero-order valence-corrected chi connectivity index (χ0v) is 18.7. The molecule has 0 radical (unpaired) electrons. The predicted molar refractivity (Wildman–Crippen MR) is 127 cm³/mol. The van der Waals surface area contributed by atoms with Gasteiger partial charge < -0.3 is 10.1 Å². The summed E-state index contributed by atoms with van der Waals surface area (Å²) in [6.45, 7) is 2.08. The molecule has 32 heavy (non-hydrogen) atoms. The first-order valence-corrected chi connectivity index (χ1v) is 10.7. The van der Waals surface area contributed by atoms with E-state index in [4.69, 9.17) is 17.0 Å². The van der Waals surface area contributed by atoms with Gasteiger partial charge in [-0.3, -0.25) is 14.5 Å². The second-order valence-corrected chi connectivity index (χ2v) is 7.88. The number of aromatic nitrogens is 3. The number of aromatic amines is 1. The van der Waals surface area contributed by atoms with Crippen molar-refractivity contribution in [1.82, 2.24) is 20.1 Å². The van der Waals surface area contributed by atoms with Crippen LogP contribution in [-0.4, -0.2) is 27.8 Å². The zero-order valence-electron chi connectivity index (χ0n) is 17.9. The summed E-state index contributed by atoms with van der Waals surface area (Å²) in [5, 5.41) is 10.3. The molecule has 1 unspecified atom stereocenters. The molecule has 7 heteroatoms. The number of carbonyl (C=O) groups is 1. The molecule has 6 nitrogen and oxygen atoms in total. The predicted octanol–water partition coefficient (Wildman–Crippen LogP) is 4.83. The number of nitrogens with zero attached hydrogens (tertiary/aromatic N) is 2. The molecule has 0 bridgehead atoms. The normalized spacial score (nSPS) is 11.7. The lowest BCUT2D eigenvalue weighted by molar-refractivity contribution is -0.122. The van der Waals surface area contributed by atoms with Crippen molar-refractivity contribution in [1.29, 1.82) is 0 Å². The molecule has 3 aromatic carbocycles. The molecule has 0 fully saturated rings. The summed E-state index contributed by atoms with van der Waals surface area (Å²) in [4.78, 5) is 13.1. The average Bonchev–Trinajstić information content (AvgIpc) is 3.18. The van der Waals surface area contributed by atoms with Crippen LogP contribution in [0.25, 0.3) is 11.4 Å². The van der Waals surface area contributed by atoms with Gasteiger partial charge in [-0.25, -0.2) is 0 Å². The highest BCUT2D eigenvalue weighted by Gasteiger charge is 2.19. The molecular formula is C25H24N4O2S. The topological polar surface area (TPSA) is 71.9 Å². The molecule has 1 atom stereocenters. The Hall–Kier alpha value is -3.71. The Morgan fingerprint density at radius 3 is 2.34 bits per heavy atom. The fraction of sp³-hybridized carbons (Fsp3) is 0.160.